The monoisotopic (exact) mass is 600 g/mol. The Morgan fingerprint density at radius 2 is 0.717 bits per heavy atom. The topological polar surface area (TPSA) is 43.2 Å². The van der Waals surface area contributed by atoms with E-state index in [1.54, 1.807) is 0 Å². The third-order valence-electron chi connectivity index (χ3n) is 7.51. The number of ether oxygens (including phenoxy) is 2. The van der Waals surface area contributed by atoms with E-state index in [0.29, 0.717) is 13.2 Å². The van der Waals surface area contributed by atoms with E-state index in [0.717, 1.165) is 46.8 Å². The van der Waals surface area contributed by atoms with Crippen molar-refractivity contribution in [3.05, 3.63) is 169 Å². The van der Waals surface area contributed by atoms with Gasteiger partial charge in [-0.1, -0.05) is 109 Å². The lowest BCUT2D eigenvalue weighted by atomic mass is 10.0. The largest absolute Gasteiger partial charge is 0.494 e. The van der Waals surface area contributed by atoms with E-state index < -0.39 is 0 Å². The summed E-state index contributed by atoms with van der Waals surface area (Å²) in [4.78, 5) is 9.21. The molecule has 226 valence electrons. The molecule has 0 saturated carbocycles. The van der Waals surface area contributed by atoms with Crippen LogP contribution in [0.1, 0.15) is 24.0 Å². The van der Waals surface area contributed by atoms with Gasteiger partial charge < -0.3 is 9.47 Å². The van der Waals surface area contributed by atoms with Crippen LogP contribution in [0.15, 0.2) is 168 Å². The fraction of sp³-hybridized carbons (Fsp3) is 0.0952. The number of benzene rings is 6. The SMILES string of the molecule is C(=Nc1ccc(OCCCCOc2ccc(N=Cc3ccc(-c4ccccc4)cc3)cc2)cc1)c1ccc(-c2ccccc2)cc1. The molecule has 0 bridgehead atoms. The number of hydrogen-bond donors (Lipinski definition) is 0. The second-order valence-electron chi connectivity index (χ2n) is 10.9. The van der Waals surface area contributed by atoms with Crippen molar-refractivity contribution >= 4 is 23.8 Å². The summed E-state index contributed by atoms with van der Waals surface area (Å²) in [5.74, 6) is 1.69. The highest BCUT2D eigenvalue weighted by molar-refractivity contribution is 5.84. The van der Waals surface area contributed by atoms with Crippen molar-refractivity contribution in [3.63, 3.8) is 0 Å². The molecule has 6 aromatic rings. The van der Waals surface area contributed by atoms with Gasteiger partial charge in [0, 0.05) is 12.4 Å². The van der Waals surface area contributed by atoms with Gasteiger partial charge in [0.05, 0.1) is 24.6 Å². The zero-order chi connectivity index (χ0) is 31.2. The highest BCUT2D eigenvalue weighted by Gasteiger charge is 2.00. The fourth-order valence-corrected chi connectivity index (χ4v) is 4.92. The minimum Gasteiger partial charge on any atom is -0.494 e. The molecule has 0 N–H and O–H groups in total. The minimum absolute atomic E-state index is 0.639. The Morgan fingerprint density at radius 1 is 0.370 bits per heavy atom. The molecule has 0 radical (unpaired) electrons. The summed E-state index contributed by atoms with van der Waals surface area (Å²) in [5.41, 5.74) is 8.72. The van der Waals surface area contributed by atoms with Crippen LogP contribution < -0.4 is 9.47 Å². The first-order chi connectivity index (χ1) is 22.8. The van der Waals surface area contributed by atoms with Crippen molar-refractivity contribution in [1.29, 1.82) is 0 Å². The van der Waals surface area contributed by atoms with Gasteiger partial charge in [-0.3, -0.25) is 9.98 Å². The van der Waals surface area contributed by atoms with Gasteiger partial charge in [0.15, 0.2) is 0 Å². The highest BCUT2D eigenvalue weighted by Crippen LogP contribution is 2.23. The lowest BCUT2D eigenvalue weighted by Crippen LogP contribution is -2.02. The van der Waals surface area contributed by atoms with Crippen LogP contribution in [0.5, 0.6) is 11.5 Å². The lowest BCUT2D eigenvalue weighted by molar-refractivity contribution is 0.266. The van der Waals surface area contributed by atoms with Gasteiger partial charge in [-0.2, -0.15) is 0 Å². The van der Waals surface area contributed by atoms with Gasteiger partial charge in [-0.25, -0.2) is 0 Å². The molecule has 0 heterocycles. The molecule has 0 spiro atoms. The van der Waals surface area contributed by atoms with E-state index >= 15 is 0 Å². The van der Waals surface area contributed by atoms with Crippen LogP contribution in [-0.2, 0) is 0 Å². The average Bonchev–Trinajstić information content (AvgIpc) is 3.13. The maximum atomic E-state index is 5.92. The first-order valence-corrected chi connectivity index (χ1v) is 15.6. The van der Waals surface area contributed by atoms with Crippen LogP contribution in [0.2, 0.25) is 0 Å². The van der Waals surface area contributed by atoms with Crippen LogP contribution in [-0.4, -0.2) is 25.6 Å². The van der Waals surface area contributed by atoms with Crippen molar-refractivity contribution in [1.82, 2.24) is 0 Å². The van der Waals surface area contributed by atoms with E-state index in [1.165, 1.54) is 22.3 Å². The summed E-state index contributed by atoms with van der Waals surface area (Å²) in [6.45, 7) is 1.28. The third kappa shape index (κ3) is 8.90. The second-order valence-corrected chi connectivity index (χ2v) is 10.9. The maximum Gasteiger partial charge on any atom is 0.119 e. The molecule has 0 aliphatic carbocycles. The molecule has 0 aliphatic heterocycles. The first-order valence-electron chi connectivity index (χ1n) is 15.6. The third-order valence-corrected chi connectivity index (χ3v) is 7.51. The summed E-state index contributed by atoms with van der Waals surface area (Å²) in [5, 5.41) is 0. The lowest BCUT2D eigenvalue weighted by Gasteiger charge is -2.08. The van der Waals surface area contributed by atoms with E-state index in [2.05, 4.69) is 107 Å². The van der Waals surface area contributed by atoms with Crippen molar-refractivity contribution in [2.24, 2.45) is 9.98 Å². The van der Waals surface area contributed by atoms with Gasteiger partial charge >= 0.3 is 0 Å². The predicted molar refractivity (Wildman–Crippen MR) is 191 cm³/mol. The van der Waals surface area contributed by atoms with Gasteiger partial charge in [0.25, 0.3) is 0 Å². The van der Waals surface area contributed by atoms with Crippen LogP contribution in [0.3, 0.4) is 0 Å². The average molecular weight is 601 g/mol. The molecular weight excluding hydrogens is 564 g/mol. The summed E-state index contributed by atoms with van der Waals surface area (Å²) >= 11 is 0. The number of rotatable bonds is 13. The Labute approximate surface area is 271 Å². The van der Waals surface area contributed by atoms with Crippen molar-refractivity contribution in [2.45, 2.75) is 12.8 Å². The van der Waals surface area contributed by atoms with Crippen LogP contribution in [0, 0.1) is 0 Å². The molecule has 0 unspecified atom stereocenters. The molecule has 4 nitrogen and oxygen atoms in total. The molecule has 0 atom stereocenters. The van der Waals surface area contributed by atoms with Gasteiger partial charge in [0.2, 0.25) is 0 Å². The predicted octanol–water partition coefficient (Wildman–Crippen LogP) is 10.8. The normalized spacial score (nSPS) is 11.2. The number of aliphatic imine (C=N–C) groups is 2. The molecule has 6 rings (SSSR count). The maximum absolute atomic E-state index is 5.92. The number of hydrogen-bond acceptors (Lipinski definition) is 4. The molecule has 0 fully saturated rings. The standard InChI is InChI=1S/C42H36N2O2/c1-3-9-35(10-4-1)37-17-13-33(14-18-37)31-43-39-21-25-41(26-22-39)45-29-7-8-30-46-42-27-23-40(24-28-42)44-32-34-15-19-38(20-16-34)36-11-5-2-6-12-36/h1-6,9-28,31-32H,7-8,29-30H2. The summed E-state index contributed by atoms with van der Waals surface area (Å²) in [6.07, 6.45) is 5.59. The quantitative estimate of drug-likeness (QED) is 0.0978. The molecule has 0 saturated heterocycles. The van der Waals surface area contributed by atoms with E-state index in [4.69, 9.17) is 9.47 Å². The fourth-order valence-electron chi connectivity index (χ4n) is 4.92. The van der Waals surface area contributed by atoms with Gasteiger partial charge in [0.1, 0.15) is 11.5 Å². The Morgan fingerprint density at radius 3 is 1.09 bits per heavy atom. The zero-order valence-corrected chi connectivity index (χ0v) is 25.7. The molecule has 0 aliphatic rings. The summed E-state index contributed by atoms with van der Waals surface area (Å²) in [7, 11) is 0. The number of unbranched alkanes of at least 4 members (excludes halogenated alkanes) is 1. The number of nitrogens with zero attached hydrogens (tertiary/aromatic N) is 2. The van der Waals surface area contributed by atoms with Crippen LogP contribution in [0.25, 0.3) is 22.3 Å². The Hall–Kier alpha value is -5.74. The second kappa shape index (κ2) is 15.8. The van der Waals surface area contributed by atoms with Crippen LogP contribution in [0.4, 0.5) is 11.4 Å². The van der Waals surface area contributed by atoms with Crippen molar-refractivity contribution in [2.75, 3.05) is 13.2 Å². The van der Waals surface area contributed by atoms with Crippen LogP contribution >= 0.6 is 0 Å². The highest BCUT2D eigenvalue weighted by atomic mass is 16.5. The van der Waals surface area contributed by atoms with E-state index in [1.807, 2.05) is 73.1 Å². The van der Waals surface area contributed by atoms with Crippen molar-refractivity contribution in [3.8, 4) is 33.8 Å². The van der Waals surface area contributed by atoms with E-state index in [9.17, 15) is 0 Å². The molecule has 46 heavy (non-hydrogen) atoms. The molecule has 4 heteroatoms. The molecule has 0 aromatic heterocycles. The Kier molecular flexibility index (Phi) is 10.4. The van der Waals surface area contributed by atoms with Gasteiger partial charge in [-0.15, -0.1) is 0 Å². The van der Waals surface area contributed by atoms with Crippen molar-refractivity contribution < 1.29 is 9.47 Å². The first kappa shape index (κ1) is 30.3. The zero-order valence-electron chi connectivity index (χ0n) is 25.7. The summed E-state index contributed by atoms with van der Waals surface area (Å²) < 4.78 is 11.8. The molecule has 0 amide bonds. The van der Waals surface area contributed by atoms with Gasteiger partial charge in [-0.05, 0) is 94.8 Å². The summed E-state index contributed by atoms with van der Waals surface area (Å²) in [6, 6.07) is 53.3. The minimum atomic E-state index is 0.639. The smallest absolute Gasteiger partial charge is 0.119 e. The molecule has 6 aromatic carbocycles. The Bertz CT molecular complexity index is 1690. The van der Waals surface area contributed by atoms with E-state index in [-0.39, 0.29) is 0 Å². The Balaban J connectivity index is 0.873. The molecular formula is C42H36N2O2.